The first-order valence-electron chi connectivity index (χ1n) is 54.5. The third-order valence-corrected chi connectivity index (χ3v) is 40.4. The van der Waals surface area contributed by atoms with Gasteiger partial charge in [-0.2, -0.15) is 0 Å². The van der Waals surface area contributed by atoms with Crippen molar-refractivity contribution in [2.75, 3.05) is 14.7 Å². The number of hydrogen-bond acceptors (Lipinski definition) is 9. The number of nitrogens with zero attached hydrogens (tertiary/aromatic N) is 3. The van der Waals surface area contributed by atoms with Gasteiger partial charge in [0.1, 0.15) is 16.7 Å². The zero-order valence-electron chi connectivity index (χ0n) is 82.6. The molecule has 716 valence electrons. The Balaban J connectivity index is 0.000000101. The second kappa shape index (κ2) is 34.7. The molecule has 9 heteroatoms. The minimum Gasteiger partial charge on any atom is -0.455 e. The lowest BCUT2D eigenvalue weighted by Gasteiger charge is -2.61. The molecular formula is C138H113N3O3S3. The molecule has 6 aromatic heterocycles. The van der Waals surface area contributed by atoms with Crippen molar-refractivity contribution >= 4 is 238 Å². The number of thiophene rings is 3. The summed E-state index contributed by atoms with van der Waals surface area (Å²) in [5, 5.41) is 25.6. The molecule has 0 radical (unpaired) electrons. The van der Waals surface area contributed by atoms with Crippen molar-refractivity contribution in [1.82, 2.24) is 0 Å². The quantitative estimate of drug-likeness (QED) is 0.107. The third kappa shape index (κ3) is 14.3. The van der Waals surface area contributed by atoms with Gasteiger partial charge in [-0.05, 0) is 332 Å². The van der Waals surface area contributed by atoms with Gasteiger partial charge in [-0.25, -0.2) is 0 Å². The Morgan fingerprint density at radius 3 is 1.13 bits per heavy atom. The molecule has 0 unspecified atom stereocenters. The summed E-state index contributed by atoms with van der Waals surface area (Å²) in [6, 6.07) is 144. The second-order valence-electron chi connectivity index (χ2n) is 45.2. The molecule has 8 bridgehead atoms. The van der Waals surface area contributed by atoms with E-state index in [9.17, 15) is 0 Å². The standard InChI is InChI=1S/C54H41NOS.C42H33NOS.C42H39NOS/c1-2-12-39-36(10-1)11-9-17-40(39)42-24-25-47(43-14-4-3-13-41(42)43)55(38-22-20-37(21-23-38)54-30-33-26-34(31-54)28-35(27-33)32-54)48-29-46-44-15-5-7-18-49(44)56-52(46)53-51(48)45-16-6-8-19-50(45)57-53;1-2-8-31-28(7-1)13-14-29-20-30(15-16-32(29)31)43(42-22-25-17-26(23-42)19-27(18-25)24-42)36-21-35-33-9-3-5-11-37(33)44-40(35)41-39(36)34-10-4-6-12-38(34)45-41;1-3-11-28(12-4-1)30-19-23-32(24-20-30)43(33-25-21-31(22-26-33)29-13-5-2-6-14-29)37-27-36-34-15-7-9-17-38(34)44-41(36)42-40(37)35-16-8-10-18-39(35)45-42/h1-25,29,33-35H,26-28,30-32H2;1-16,20-21,25-27H,17-19,22-24H2;1-18,27,30-33H,19-26H2. The van der Waals surface area contributed by atoms with Crippen molar-refractivity contribution < 1.29 is 13.3 Å². The van der Waals surface area contributed by atoms with E-state index in [1.807, 2.05) is 34.0 Å². The van der Waals surface area contributed by atoms with E-state index in [0.29, 0.717) is 29.3 Å². The maximum absolute atomic E-state index is 6.74. The zero-order chi connectivity index (χ0) is 96.3. The Morgan fingerprint density at radius 1 is 0.245 bits per heavy atom. The van der Waals surface area contributed by atoms with Crippen LogP contribution >= 0.6 is 34.0 Å². The van der Waals surface area contributed by atoms with E-state index < -0.39 is 0 Å². The normalized spacial score (nSPS) is 22.6. The van der Waals surface area contributed by atoms with E-state index >= 15 is 0 Å². The number of benzene rings is 19. The van der Waals surface area contributed by atoms with E-state index in [-0.39, 0.29) is 5.54 Å². The van der Waals surface area contributed by atoms with Gasteiger partial charge in [-0.1, -0.05) is 297 Å². The lowest BCUT2D eigenvalue weighted by atomic mass is 9.48. The van der Waals surface area contributed by atoms with Gasteiger partial charge in [0.25, 0.3) is 0 Å². The minimum absolute atomic E-state index is 0.127. The number of rotatable bonds is 13. The van der Waals surface area contributed by atoms with Crippen LogP contribution in [0.3, 0.4) is 0 Å². The van der Waals surface area contributed by atoms with E-state index in [1.54, 1.807) is 5.56 Å². The molecular weight excluding hydrogens is 1840 g/mol. The summed E-state index contributed by atoms with van der Waals surface area (Å²) in [4.78, 5) is 8.39. The van der Waals surface area contributed by atoms with Crippen LogP contribution in [0.2, 0.25) is 0 Å². The summed E-state index contributed by atoms with van der Waals surface area (Å²) in [5.74, 6) is 6.60. The van der Waals surface area contributed by atoms with Gasteiger partial charge in [0, 0.05) is 119 Å². The van der Waals surface area contributed by atoms with Crippen molar-refractivity contribution in [3.8, 4) is 11.1 Å². The number of furan rings is 3. The van der Waals surface area contributed by atoms with Crippen LogP contribution in [0.5, 0.6) is 0 Å². The Hall–Kier alpha value is -14.3. The lowest BCUT2D eigenvalue weighted by Crippen LogP contribution is -2.58. The SMILES string of the molecule is c1ccc(C2CCC(N(c3cc4c5ccccc5oc4c4sc5ccccc5c34)C3CCC(c4ccccc4)CC3)CC2)cc1.c1ccc2c(-c3ccc(N(c4ccc(C56CC7CC(CC(C7)C5)C6)cc4)c4cc5c6ccccc6oc5c5sc6ccccc6c45)c4ccccc34)cccc2c1.c1ccc2c(c1)ccc1cc(N(c3cc4c5ccccc5oc4c4sc5ccccc5c34)C34CC5CC(CC(C5)C3)C4)ccc12. The van der Waals surface area contributed by atoms with Gasteiger partial charge < -0.3 is 28.0 Å². The van der Waals surface area contributed by atoms with E-state index in [0.717, 1.165) is 79.8 Å². The second-order valence-corrected chi connectivity index (χ2v) is 48.4. The first-order chi connectivity index (χ1) is 72.7. The smallest absolute Gasteiger partial charge is 0.153 e. The van der Waals surface area contributed by atoms with E-state index in [4.69, 9.17) is 13.3 Å². The van der Waals surface area contributed by atoms with Gasteiger partial charge in [0.05, 0.1) is 31.2 Å². The highest BCUT2D eigenvalue weighted by atomic mass is 32.1. The fourth-order valence-corrected chi connectivity index (χ4v) is 35.0. The zero-order valence-corrected chi connectivity index (χ0v) is 85.0. The van der Waals surface area contributed by atoms with Gasteiger partial charge in [0.15, 0.2) is 16.7 Å². The first kappa shape index (κ1) is 86.9. The predicted octanol–water partition coefficient (Wildman–Crippen LogP) is 40.4. The van der Waals surface area contributed by atoms with Crippen molar-refractivity contribution in [3.05, 3.63) is 399 Å². The van der Waals surface area contributed by atoms with Crippen LogP contribution in [0.4, 0.5) is 34.1 Å². The number of hydrogen-bond donors (Lipinski definition) is 0. The maximum Gasteiger partial charge on any atom is 0.153 e. The molecule has 0 spiro atoms. The molecule has 10 aliphatic rings. The van der Waals surface area contributed by atoms with Gasteiger partial charge in [-0.3, -0.25) is 0 Å². The van der Waals surface area contributed by atoms with Crippen LogP contribution in [-0.4, -0.2) is 17.6 Å². The topological polar surface area (TPSA) is 49.1 Å². The maximum atomic E-state index is 6.74. The molecule has 147 heavy (non-hydrogen) atoms. The summed E-state index contributed by atoms with van der Waals surface area (Å²) in [7, 11) is 0. The monoisotopic (exact) mass is 1960 g/mol. The fourth-order valence-electron chi connectivity index (χ4n) is 31.4. The first-order valence-corrected chi connectivity index (χ1v) is 56.9. The van der Waals surface area contributed by atoms with Crippen LogP contribution < -0.4 is 14.7 Å². The summed E-state index contributed by atoms with van der Waals surface area (Å²) < 4.78 is 27.8. The Labute approximate surface area is 867 Å². The van der Waals surface area contributed by atoms with E-state index in [1.165, 1.54) is 310 Å². The molecule has 10 fully saturated rings. The van der Waals surface area contributed by atoms with Crippen LogP contribution in [0.1, 0.15) is 157 Å². The Bertz CT molecular complexity index is 9410. The Kier molecular flexibility index (Phi) is 20.5. The largest absolute Gasteiger partial charge is 0.455 e. The fraction of sp³-hybridized carbons (Fsp3) is 0.232. The lowest BCUT2D eigenvalue weighted by molar-refractivity contribution is -0.00518. The molecule has 0 N–H and O–H groups in total. The summed E-state index contributed by atoms with van der Waals surface area (Å²) in [6.07, 6.45) is 26.7. The van der Waals surface area contributed by atoms with Crippen molar-refractivity contribution in [2.45, 2.75) is 163 Å². The summed E-state index contributed by atoms with van der Waals surface area (Å²) in [5.41, 5.74) is 21.2. The average Bonchev–Trinajstić information content (AvgIpc) is 1.68. The molecule has 0 amide bonds. The number of anilines is 6. The van der Waals surface area contributed by atoms with E-state index in [2.05, 4.69) is 397 Å². The number of fused-ring (bicyclic) bond motifs is 26. The van der Waals surface area contributed by atoms with Crippen LogP contribution in [0.25, 0.3) is 181 Å². The molecule has 6 heterocycles. The molecule has 25 aromatic rings. The minimum atomic E-state index is 0.127. The van der Waals surface area contributed by atoms with Crippen LogP contribution in [0, 0.1) is 35.5 Å². The molecule has 10 aliphatic carbocycles. The van der Waals surface area contributed by atoms with Crippen LogP contribution in [-0.2, 0) is 5.41 Å². The molecule has 35 rings (SSSR count). The highest BCUT2D eigenvalue weighted by Crippen LogP contribution is 2.65. The van der Waals surface area contributed by atoms with Gasteiger partial charge in [-0.15, -0.1) is 34.0 Å². The van der Waals surface area contributed by atoms with Crippen LogP contribution in [0.15, 0.2) is 395 Å². The molecule has 19 aromatic carbocycles. The van der Waals surface area contributed by atoms with Gasteiger partial charge >= 0.3 is 0 Å². The van der Waals surface area contributed by atoms with Gasteiger partial charge in [0.2, 0.25) is 0 Å². The summed E-state index contributed by atoms with van der Waals surface area (Å²) in [6.45, 7) is 0. The highest BCUT2D eigenvalue weighted by molar-refractivity contribution is 7.27. The van der Waals surface area contributed by atoms with Crippen molar-refractivity contribution in [1.29, 1.82) is 0 Å². The number of para-hydroxylation sites is 3. The molecule has 0 atom stereocenters. The molecule has 6 nitrogen and oxygen atoms in total. The van der Waals surface area contributed by atoms with Crippen molar-refractivity contribution in [2.24, 2.45) is 35.5 Å². The Morgan fingerprint density at radius 2 is 0.619 bits per heavy atom. The molecule has 0 saturated heterocycles. The summed E-state index contributed by atoms with van der Waals surface area (Å²) >= 11 is 5.65. The molecule has 10 saturated carbocycles. The van der Waals surface area contributed by atoms with Crippen molar-refractivity contribution in [3.63, 3.8) is 0 Å². The third-order valence-electron chi connectivity index (χ3n) is 36.9. The average molecular weight is 1960 g/mol. The predicted molar refractivity (Wildman–Crippen MR) is 625 cm³/mol. The molecule has 0 aliphatic heterocycles. The highest BCUT2D eigenvalue weighted by Gasteiger charge is 2.56.